The number of amides is 1. The topological polar surface area (TPSA) is 98.2 Å². The van der Waals surface area contributed by atoms with Crippen molar-refractivity contribution >= 4 is 34.5 Å². The third-order valence-electron chi connectivity index (χ3n) is 4.52. The first-order chi connectivity index (χ1) is 12.9. The number of thiazole rings is 1. The maximum atomic E-state index is 14.1. The fourth-order valence-electron chi connectivity index (χ4n) is 3.17. The average Bonchev–Trinajstić information content (AvgIpc) is 3.21. The molecule has 3 N–H and O–H groups in total. The van der Waals surface area contributed by atoms with Gasteiger partial charge in [-0.1, -0.05) is 22.9 Å². The van der Waals surface area contributed by atoms with Gasteiger partial charge in [0.15, 0.2) is 10.7 Å². The molecule has 4 rings (SSSR count). The number of fused-ring (bicyclic) bond motifs is 1. The standard InChI is InChI=1S/C16H15ClF2N6OS/c17-13-11(9-7-21-10-4-2-6-22-25(9)10)23-15(27-13)14(26)24-12-8(20)3-1-5-16(12,18)19/h2,4,6-8,12H,1,3,5,20H2,(H,24,26)/t8-,12?/m0/s1. The molecule has 1 aliphatic carbocycles. The van der Waals surface area contributed by atoms with Crippen LogP contribution >= 0.6 is 22.9 Å². The zero-order valence-electron chi connectivity index (χ0n) is 13.9. The number of hydrogen-bond donors (Lipinski definition) is 2. The molecular weight excluding hydrogens is 398 g/mol. The van der Waals surface area contributed by atoms with Crippen molar-refractivity contribution in [2.75, 3.05) is 0 Å². The summed E-state index contributed by atoms with van der Waals surface area (Å²) in [6, 6.07) is 1.26. The smallest absolute Gasteiger partial charge is 0.280 e. The van der Waals surface area contributed by atoms with Crippen molar-refractivity contribution in [1.29, 1.82) is 0 Å². The highest BCUT2D eigenvalue weighted by atomic mass is 35.5. The van der Waals surface area contributed by atoms with Crippen molar-refractivity contribution in [3.05, 3.63) is 33.9 Å². The second kappa shape index (κ2) is 6.77. The Morgan fingerprint density at radius 1 is 1.48 bits per heavy atom. The predicted octanol–water partition coefficient (Wildman–Crippen LogP) is 2.75. The quantitative estimate of drug-likeness (QED) is 0.689. The zero-order valence-corrected chi connectivity index (χ0v) is 15.5. The molecule has 0 saturated heterocycles. The molecule has 11 heteroatoms. The van der Waals surface area contributed by atoms with E-state index < -0.39 is 23.9 Å². The molecule has 1 fully saturated rings. The molecule has 3 aromatic heterocycles. The zero-order chi connectivity index (χ0) is 19.2. The average molecular weight is 413 g/mol. The van der Waals surface area contributed by atoms with Crippen LogP contribution in [0.5, 0.6) is 0 Å². The summed E-state index contributed by atoms with van der Waals surface area (Å²) in [5, 5.41) is 6.50. The van der Waals surface area contributed by atoms with Gasteiger partial charge in [0.05, 0.1) is 6.20 Å². The van der Waals surface area contributed by atoms with E-state index in [1.165, 1.54) is 10.7 Å². The van der Waals surface area contributed by atoms with Crippen molar-refractivity contribution in [2.24, 2.45) is 5.73 Å². The van der Waals surface area contributed by atoms with Crippen LogP contribution in [-0.2, 0) is 0 Å². The van der Waals surface area contributed by atoms with Crippen molar-refractivity contribution < 1.29 is 13.6 Å². The number of nitrogens with one attached hydrogen (secondary N) is 1. The van der Waals surface area contributed by atoms with Crippen LogP contribution in [0.2, 0.25) is 4.34 Å². The highest BCUT2D eigenvalue weighted by Crippen LogP contribution is 2.35. The second-order valence-corrected chi connectivity index (χ2v) is 7.95. The van der Waals surface area contributed by atoms with Gasteiger partial charge in [-0.2, -0.15) is 5.10 Å². The Kier molecular flexibility index (Phi) is 4.57. The lowest BCUT2D eigenvalue weighted by molar-refractivity contribution is -0.0674. The molecular formula is C16H15ClF2N6OS. The van der Waals surface area contributed by atoms with E-state index in [9.17, 15) is 13.6 Å². The number of nitrogens with two attached hydrogens (primary N) is 1. The number of carbonyl (C=O) groups excluding carboxylic acids is 1. The van der Waals surface area contributed by atoms with E-state index in [2.05, 4.69) is 20.4 Å². The highest BCUT2D eigenvalue weighted by molar-refractivity contribution is 7.18. The van der Waals surface area contributed by atoms with Crippen LogP contribution in [0.1, 0.15) is 29.1 Å². The van der Waals surface area contributed by atoms with Crippen molar-refractivity contribution in [1.82, 2.24) is 24.9 Å². The molecule has 1 aliphatic rings. The minimum Gasteiger partial charge on any atom is -0.340 e. The predicted molar refractivity (Wildman–Crippen MR) is 97.1 cm³/mol. The molecule has 7 nitrogen and oxygen atoms in total. The number of aromatic nitrogens is 4. The lowest BCUT2D eigenvalue weighted by Gasteiger charge is -2.36. The summed E-state index contributed by atoms with van der Waals surface area (Å²) in [5.41, 5.74) is 7.21. The number of imidazole rings is 1. The van der Waals surface area contributed by atoms with E-state index in [1.54, 1.807) is 18.3 Å². The maximum absolute atomic E-state index is 14.1. The summed E-state index contributed by atoms with van der Waals surface area (Å²) >= 11 is 7.15. The molecule has 2 atom stereocenters. The number of nitrogens with zero attached hydrogens (tertiary/aromatic N) is 4. The Hall–Kier alpha value is -2.17. The molecule has 3 aromatic rings. The number of hydrogen-bond acceptors (Lipinski definition) is 6. The van der Waals surface area contributed by atoms with Gasteiger partial charge in [0.2, 0.25) is 0 Å². The van der Waals surface area contributed by atoms with Crippen LogP contribution in [0, 0.1) is 0 Å². The normalized spacial score (nSPS) is 22.1. The first-order valence-corrected chi connectivity index (χ1v) is 9.46. The van der Waals surface area contributed by atoms with Gasteiger partial charge in [0.1, 0.15) is 21.8 Å². The monoisotopic (exact) mass is 412 g/mol. The Bertz CT molecular complexity index is 1010. The maximum Gasteiger partial charge on any atom is 0.280 e. The molecule has 3 heterocycles. The van der Waals surface area contributed by atoms with Gasteiger partial charge in [-0.05, 0) is 25.0 Å². The molecule has 1 saturated carbocycles. The van der Waals surface area contributed by atoms with E-state index >= 15 is 0 Å². The number of alkyl halides is 2. The largest absolute Gasteiger partial charge is 0.340 e. The molecule has 0 aromatic carbocycles. The lowest BCUT2D eigenvalue weighted by Crippen LogP contribution is -2.59. The molecule has 0 aliphatic heterocycles. The van der Waals surface area contributed by atoms with Gasteiger partial charge in [0, 0.05) is 18.7 Å². The molecule has 142 valence electrons. The molecule has 1 unspecified atom stereocenters. The summed E-state index contributed by atoms with van der Waals surface area (Å²) in [4.78, 5) is 20.9. The van der Waals surface area contributed by atoms with E-state index in [0.29, 0.717) is 29.9 Å². The molecule has 1 amide bonds. The molecule has 0 spiro atoms. The minimum atomic E-state index is -3.05. The molecule has 27 heavy (non-hydrogen) atoms. The summed E-state index contributed by atoms with van der Waals surface area (Å²) in [5.74, 6) is -3.78. The fraction of sp³-hybridized carbons (Fsp3) is 0.375. The summed E-state index contributed by atoms with van der Waals surface area (Å²) in [6.45, 7) is 0. The highest BCUT2D eigenvalue weighted by Gasteiger charge is 2.46. The third kappa shape index (κ3) is 3.28. The van der Waals surface area contributed by atoms with Crippen molar-refractivity contribution in [2.45, 2.75) is 37.3 Å². The van der Waals surface area contributed by atoms with E-state index in [1.807, 2.05) is 0 Å². The summed E-state index contributed by atoms with van der Waals surface area (Å²) in [7, 11) is 0. The summed E-state index contributed by atoms with van der Waals surface area (Å²) < 4.78 is 30.0. The van der Waals surface area contributed by atoms with Gasteiger partial charge in [-0.15, -0.1) is 0 Å². The van der Waals surface area contributed by atoms with Crippen LogP contribution in [0.4, 0.5) is 8.78 Å². The van der Waals surface area contributed by atoms with Gasteiger partial charge in [-0.3, -0.25) is 4.79 Å². The number of carbonyl (C=O) groups is 1. The van der Waals surface area contributed by atoms with E-state index in [0.717, 1.165) is 11.3 Å². The Labute approximate surface area is 161 Å². The lowest BCUT2D eigenvalue weighted by atomic mass is 9.87. The van der Waals surface area contributed by atoms with Crippen molar-refractivity contribution in [3.63, 3.8) is 0 Å². The Morgan fingerprint density at radius 2 is 2.30 bits per heavy atom. The van der Waals surface area contributed by atoms with E-state index in [4.69, 9.17) is 17.3 Å². The van der Waals surface area contributed by atoms with Crippen LogP contribution < -0.4 is 11.1 Å². The van der Waals surface area contributed by atoms with E-state index in [-0.39, 0.29) is 15.8 Å². The summed E-state index contributed by atoms with van der Waals surface area (Å²) in [6.07, 6.45) is 3.57. The fourth-order valence-corrected chi connectivity index (χ4v) is 4.24. The van der Waals surface area contributed by atoms with Crippen LogP contribution in [0.25, 0.3) is 17.0 Å². The minimum absolute atomic E-state index is 0.0190. The van der Waals surface area contributed by atoms with Gasteiger partial charge < -0.3 is 11.1 Å². The van der Waals surface area contributed by atoms with Gasteiger partial charge >= 0.3 is 0 Å². The third-order valence-corrected chi connectivity index (χ3v) is 5.77. The van der Waals surface area contributed by atoms with Gasteiger partial charge in [0.25, 0.3) is 11.8 Å². The second-order valence-electron chi connectivity index (χ2n) is 6.35. The molecule has 0 bridgehead atoms. The van der Waals surface area contributed by atoms with Crippen LogP contribution in [0.3, 0.4) is 0 Å². The first-order valence-electron chi connectivity index (χ1n) is 8.26. The number of rotatable bonds is 3. The SMILES string of the molecule is N[C@H]1CCCC(F)(F)C1NC(=O)c1nc(-c2cnc3cccnn23)c(Cl)s1. The number of halogens is 3. The van der Waals surface area contributed by atoms with Crippen LogP contribution in [0.15, 0.2) is 24.5 Å². The Balaban J connectivity index is 1.62. The molecule has 0 radical (unpaired) electrons. The first kappa shape index (κ1) is 18.2. The van der Waals surface area contributed by atoms with Crippen LogP contribution in [-0.4, -0.2) is 43.5 Å². The Morgan fingerprint density at radius 3 is 3.07 bits per heavy atom. The van der Waals surface area contributed by atoms with Gasteiger partial charge in [-0.25, -0.2) is 23.3 Å². The van der Waals surface area contributed by atoms with Crippen molar-refractivity contribution in [3.8, 4) is 11.4 Å².